The minimum absolute atomic E-state index is 0.0874. The van der Waals surface area contributed by atoms with E-state index >= 15 is 0 Å². The van der Waals surface area contributed by atoms with Crippen molar-refractivity contribution >= 4 is 11.4 Å². The second-order valence-corrected chi connectivity index (χ2v) is 2.17. The average molecular weight is 182 g/mol. The Kier molecular flexibility index (Phi) is 2.18. The highest BCUT2D eigenvalue weighted by molar-refractivity contribution is 5.45. The monoisotopic (exact) mass is 182 g/mol. The van der Waals surface area contributed by atoms with Crippen LogP contribution >= 0.6 is 0 Å². The standard InChI is InChI=1S/C6H4N3O4/c1-4-6(9(12)13)2-5(3-7-4)8(10)11/h2-3H,1H2. The number of hydrogen-bond acceptors (Lipinski definition) is 5. The molecule has 0 saturated carbocycles. The molecule has 0 amide bonds. The Bertz CT molecular complexity index is 376. The Labute approximate surface area is 72.3 Å². The second-order valence-electron chi connectivity index (χ2n) is 2.17. The van der Waals surface area contributed by atoms with E-state index in [9.17, 15) is 20.2 Å². The van der Waals surface area contributed by atoms with Crippen molar-refractivity contribution in [2.75, 3.05) is 0 Å². The van der Waals surface area contributed by atoms with Gasteiger partial charge in [-0.1, -0.05) is 0 Å². The molecule has 0 unspecified atom stereocenters. The highest BCUT2D eigenvalue weighted by atomic mass is 16.6. The lowest BCUT2D eigenvalue weighted by Gasteiger charge is -1.94. The van der Waals surface area contributed by atoms with Crippen LogP contribution in [0.2, 0.25) is 0 Å². The quantitative estimate of drug-likeness (QED) is 0.503. The molecule has 7 nitrogen and oxygen atoms in total. The van der Waals surface area contributed by atoms with Gasteiger partial charge >= 0.3 is 0 Å². The van der Waals surface area contributed by atoms with Gasteiger partial charge in [0, 0.05) is 6.92 Å². The van der Waals surface area contributed by atoms with E-state index in [1.807, 2.05) is 0 Å². The van der Waals surface area contributed by atoms with E-state index in [-0.39, 0.29) is 5.69 Å². The van der Waals surface area contributed by atoms with Gasteiger partial charge in [-0.25, -0.2) is 4.98 Å². The van der Waals surface area contributed by atoms with Crippen molar-refractivity contribution in [3.05, 3.63) is 45.1 Å². The van der Waals surface area contributed by atoms with Crippen molar-refractivity contribution < 1.29 is 9.85 Å². The van der Waals surface area contributed by atoms with Gasteiger partial charge in [-0.05, 0) is 0 Å². The fourth-order valence-electron chi connectivity index (χ4n) is 0.729. The summed E-state index contributed by atoms with van der Waals surface area (Å²) in [6.07, 6.45) is 0.926. The third-order valence-electron chi connectivity index (χ3n) is 1.34. The van der Waals surface area contributed by atoms with Gasteiger partial charge in [0.25, 0.3) is 11.4 Å². The second kappa shape index (κ2) is 3.13. The zero-order chi connectivity index (χ0) is 10.0. The molecule has 0 aliphatic rings. The molecule has 0 aliphatic carbocycles. The maximum Gasteiger partial charge on any atom is 0.297 e. The molecule has 1 aromatic heterocycles. The zero-order valence-corrected chi connectivity index (χ0v) is 6.34. The Morgan fingerprint density at radius 1 is 1.31 bits per heavy atom. The number of pyridine rings is 1. The van der Waals surface area contributed by atoms with Gasteiger partial charge in [0.05, 0.1) is 15.9 Å². The largest absolute Gasteiger partial charge is 0.297 e. The molecule has 1 rings (SSSR count). The van der Waals surface area contributed by atoms with Crippen LogP contribution in [0.15, 0.2) is 12.3 Å². The zero-order valence-electron chi connectivity index (χ0n) is 6.34. The predicted octanol–water partition coefficient (Wildman–Crippen LogP) is 1.08. The third-order valence-corrected chi connectivity index (χ3v) is 1.34. The van der Waals surface area contributed by atoms with E-state index in [0.29, 0.717) is 0 Å². The van der Waals surface area contributed by atoms with E-state index in [1.165, 1.54) is 0 Å². The lowest BCUT2D eigenvalue weighted by atomic mass is 10.3. The number of nitrogens with zero attached hydrogens (tertiary/aromatic N) is 3. The van der Waals surface area contributed by atoms with Crippen LogP contribution in [-0.2, 0) is 0 Å². The van der Waals surface area contributed by atoms with Crippen molar-refractivity contribution in [2.24, 2.45) is 0 Å². The van der Waals surface area contributed by atoms with E-state index in [0.717, 1.165) is 12.3 Å². The highest BCUT2D eigenvalue weighted by Gasteiger charge is 2.17. The van der Waals surface area contributed by atoms with Crippen LogP contribution in [0.1, 0.15) is 5.69 Å². The fourth-order valence-corrected chi connectivity index (χ4v) is 0.729. The molecule has 0 aromatic carbocycles. The summed E-state index contributed by atoms with van der Waals surface area (Å²) in [5, 5.41) is 20.5. The van der Waals surface area contributed by atoms with Crippen LogP contribution in [0.4, 0.5) is 11.4 Å². The molecule has 0 N–H and O–H groups in total. The Morgan fingerprint density at radius 2 is 1.92 bits per heavy atom. The third kappa shape index (κ3) is 1.75. The Morgan fingerprint density at radius 3 is 2.38 bits per heavy atom. The SMILES string of the molecule is [CH2]c1ncc([N+](=O)[O-])cc1[N+](=O)[O-]. The van der Waals surface area contributed by atoms with E-state index in [2.05, 4.69) is 11.9 Å². The summed E-state index contributed by atoms with van der Waals surface area (Å²) >= 11 is 0. The van der Waals surface area contributed by atoms with E-state index in [1.54, 1.807) is 0 Å². The van der Waals surface area contributed by atoms with E-state index in [4.69, 9.17) is 0 Å². The number of nitro groups is 2. The molecule has 1 radical (unpaired) electrons. The van der Waals surface area contributed by atoms with Crippen molar-refractivity contribution in [3.8, 4) is 0 Å². The maximum absolute atomic E-state index is 10.3. The van der Waals surface area contributed by atoms with Gasteiger partial charge in [0.2, 0.25) is 0 Å². The minimum atomic E-state index is -0.762. The summed E-state index contributed by atoms with van der Waals surface area (Å²) in [6, 6.07) is 0.829. The molecule has 13 heavy (non-hydrogen) atoms. The molecule has 0 fully saturated rings. The van der Waals surface area contributed by atoms with Crippen molar-refractivity contribution in [2.45, 2.75) is 0 Å². The molecule has 0 atom stereocenters. The summed E-state index contributed by atoms with van der Waals surface area (Å²) in [6.45, 7) is 3.27. The van der Waals surface area contributed by atoms with Gasteiger partial charge in [-0.3, -0.25) is 20.2 Å². The molecule has 0 bridgehead atoms. The fraction of sp³-hybridized carbons (Fsp3) is 0. The minimum Gasteiger partial charge on any atom is -0.258 e. The Hall–Kier alpha value is -2.05. The lowest BCUT2D eigenvalue weighted by Crippen LogP contribution is -1.97. The highest BCUT2D eigenvalue weighted by Crippen LogP contribution is 2.20. The number of rotatable bonds is 2. The van der Waals surface area contributed by atoms with Gasteiger partial charge in [0.1, 0.15) is 11.9 Å². The molecule has 1 heterocycles. The van der Waals surface area contributed by atoms with Gasteiger partial charge < -0.3 is 0 Å². The molecule has 0 spiro atoms. The summed E-state index contributed by atoms with van der Waals surface area (Å²) in [5.74, 6) is 0. The van der Waals surface area contributed by atoms with Crippen LogP contribution in [0, 0.1) is 27.2 Å². The topological polar surface area (TPSA) is 99.2 Å². The first-order chi connectivity index (χ1) is 6.02. The maximum atomic E-state index is 10.3. The molecular formula is C6H4N3O4. The summed E-state index contributed by atoms with van der Waals surface area (Å²) in [4.78, 5) is 22.4. The van der Waals surface area contributed by atoms with E-state index < -0.39 is 21.2 Å². The normalized spacial score (nSPS) is 9.62. The lowest BCUT2D eigenvalue weighted by molar-refractivity contribution is -0.394. The van der Waals surface area contributed by atoms with Gasteiger partial charge in [0.15, 0.2) is 0 Å². The number of aromatic nitrogens is 1. The summed E-state index contributed by atoms with van der Waals surface area (Å²) in [7, 11) is 0. The van der Waals surface area contributed by atoms with Crippen LogP contribution in [0.3, 0.4) is 0 Å². The summed E-state index contributed by atoms with van der Waals surface area (Å²) in [5.41, 5.74) is -0.955. The van der Waals surface area contributed by atoms with Crippen LogP contribution < -0.4 is 0 Å². The smallest absolute Gasteiger partial charge is 0.258 e. The molecule has 7 heteroatoms. The first-order valence-electron chi connectivity index (χ1n) is 3.13. The van der Waals surface area contributed by atoms with Crippen LogP contribution in [-0.4, -0.2) is 14.8 Å². The molecule has 0 aliphatic heterocycles. The molecule has 0 saturated heterocycles. The van der Waals surface area contributed by atoms with Crippen LogP contribution in [0.5, 0.6) is 0 Å². The average Bonchev–Trinajstić information content (AvgIpc) is 2.04. The van der Waals surface area contributed by atoms with Crippen molar-refractivity contribution in [3.63, 3.8) is 0 Å². The van der Waals surface area contributed by atoms with Crippen molar-refractivity contribution in [1.82, 2.24) is 4.98 Å². The Balaban J connectivity index is 3.27. The number of hydrogen-bond donors (Lipinski definition) is 0. The predicted molar refractivity (Wildman–Crippen MR) is 42.0 cm³/mol. The van der Waals surface area contributed by atoms with Gasteiger partial charge in [-0.2, -0.15) is 0 Å². The summed E-state index contributed by atoms with van der Waals surface area (Å²) < 4.78 is 0. The molecule has 1 aromatic rings. The first kappa shape index (κ1) is 9.04. The van der Waals surface area contributed by atoms with Gasteiger partial charge in [-0.15, -0.1) is 0 Å². The molecular weight excluding hydrogens is 178 g/mol. The first-order valence-corrected chi connectivity index (χ1v) is 3.13. The molecule has 67 valence electrons. The van der Waals surface area contributed by atoms with Crippen LogP contribution in [0.25, 0.3) is 0 Å². The van der Waals surface area contributed by atoms with Crippen molar-refractivity contribution in [1.29, 1.82) is 0 Å².